The molecule has 15 heteroatoms. The predicted molar refractivity (Wildman–Crippen MR) is 219 cm³/mol. The predicted octanol–water partition coefficient (Wildman–Crippen LogP) is 6.36. The van der Waals surface area contributed by atoms with Crippen molar-refractivity contribution in [2.45, 2.75) is 142 Å². The lowest BCUT2D eigenvalue weighted by molar-refractivity contribution is -0.341. The number of ether oxygens (including phenoxy) is 6. The van der Waals surface area contributed by atoms with Crippen LogP contribution in [0.4, 0.5) is 4.79 Å². The normalized spacial score (nSPS) is 33.4. The smallest absolute Gasteiger partial charge is 0.408 e. The number of carbonyl (C=O) groups is 6. The number of Topliss-reactive ketones (excluding diaryl/α,β-unsaturated/α-hetero) is 1. The van der Waals surface area contributed by atoms with E-state index in [-0.39, 0.29) is 42.3 Å². The number of esters is 4. The number of aliphatic hydroxyl groups is 1. The van der Waals surface area contributed by atoms with E-state index in [1.54, 1.807) is 90.9 Å². The summed E-state index contributed by atoms with van der Waals surface area (Å²) in [4.78, 5) is 84.6. The number of alkyl carbamates (subject to hydrolysis) is 1. The first-order chi connectivity index (χ1) is 29.0. The molecule has 3 saturated carbocycles. The van der Waals surface area contributed by atoms with Crippen LogP contribution in [-0.4, -0.2) is 88.7 Å². The summed E-state index contributed by atoms with van der Waals surface area (Å²) in [6.45, 7) is 16.2. The molecule has 4 aliphatic carbocycles. The summed E-state index contributed by atoms with van der Waals surface area (Å²) in [5, 5.41) is 16.6. The van der Waals surface area contributed by atoms with Crippen molar-refractivity contribution >= 4 is 35.8 Å². The third-order valence-corrected chi connectivity index (χ3v) is 14.2. The first-order valence-corrected chi connectivity index (χ1v) is 21.4. The van der Waals surface area contributed by atoms with Gasteiger partial charge in [-0.3, -0.25) is 19.2 Å². The molecule has 2 aromatic rings. The number of fused-ring (bicyclic) bond motifs is 5. The molecule has 2 N–H and O–H groups in total. The molecule has 5 aliphatic rings. The van der Waals surface area contributed by atoms with E-state index in [1.807, 2.05) is 6.92 Å². The van der Waals surface area contributed by atoms with Crippen LogP contribution in [0.25, 0.3) is 0 Å². The van der Waals surface area contributed by atoms with E-state index in [4.69, 9.17) is 32.8 Å². The summed E-state index contributed by atoms with van der Waals surface area (Å²) in [6, 6.07) is 10.3. The molecule has 1 aromatic carbocycles. The minimum Gasteiger partial charge on any atom is -0.467 e. The van der Waals surface area contributed by atoms with E-state index in [0.717, 1.165) is 0 Å². The van der Waals surface area contributed by atoms with Crippen molar-refractivity contribution in [3.8, 4) is 0 Å². The first-order valence-electron chi connectivity index (χ1n) is 21.4. The zero-order chi connectivity index (χ0) is 45.3. The van der Waals surface area contributed by atoms with Gasteiger partial charge in [0.05, 0.1) is 36.2 Å². The Balaban J connectivity index is 1.39. The standard InChI is InChI=1S/C47H59NO14/c1-24-21-32-46(23-57-32,61-41(53)29-18-19-29)36-38(60-40(52)28-15-12-11-13-16-28)47(55)22-31(25(2)33(44(47,8)9)35(58-27(4)49)37(50)45(24,36)10)59-39(51)26(3)34(30-17-14-20-56-30)48-42(54)62-43(5,6)7/h11-17,20,24,26,29,31-32,34-36,38,55H,18-19,21-23H2,1-10H3,(H,48,54)/t24-,26+,31-,32+,34+,35+,36?,38-,45+,46-,47+/m0/s1. The van der Waals surface area contributed by atoms with Gasteiger partial charge in [0.25, 0.3) is 0 Å². The number of hydrogen-bond donors (Lipinski definition) is 2. The monoisotopic (exact) mass is 861 g/mol. The zero-order valence-electron chi connectivity index (χ0n) is 37.1. The molecule has 62 heavy (non-hydrogen) atoms. The minimum atomic E-state index is -2.21. The Kier molecular flexibility index (Phi) is 11.6. The van der Waals surface area contributed by atoms with Gasteiger partial charge in [-0.2, -0.15) is 0 Å². The van der Waals surface area contributed by atoms with E-state index < -0.39 is 112 Å². The molecule has 1 unspecified atom stereocenters. The molecule has 1 aliphatic heterocycles. The summed E-state index contributed by atoms with van der Waals surface area (Å²) >= 11 is 0. The number of nitrogens with one attached hydrogen (secondary N) is 1. The van der Waals surface area contributed by atoms with Crippen molar-refractivity contribution < 1.29 is 66.7 Å². The molecule has 2 bridgehead atoms. The van der Waals surface area contributed by atoms with Crippen LogP contribution < -0.4 is 5.32 Å². The van der Waals surface area contributed by atoms with Gasteiger partial charge in [0.15, 0.2) is 17.5 Å². The molecule has 336 valence electrons. The van der Waals surface area contributed by atoms with Gasteiger partial charge in [0.1, 0.15) is 41.3 Å². The van der Waals surface area contributed by atoms with Crippen molar-refractivity contribution in [3.63, 3.8) is 0 Å². The maximum Gasteiger partial charge on any atom is 0.408 e. The second-order valence-corrected chi connectivity index (χ2v) is 19.6. The molecular formula is C47H59NO14. The maximum atomic E-state index is 15.8. The fourth-order valence-corrected chi connectivity index (χ4v) is 10.4. The Labute approximate surface area is 361 Å². The van der Waals surface area contributed by atoms with Crippen LogP contribution in [0.15, 0.2) is 64.3 Å². The lowest BCUT2D eigenvalue weighted by Gasteiger charge is -2.68. The van der Waals surface area contributed by atoms with Crippen molar-refractivity contribution in [2.24, 2.45) is 34.5 Å². The van der Waals surface area contributed by atoms with Gasteiger partial charge in [-0.25, -0.2) is 9.59 Å². The van der Waals surface area contributed by atoms with Crippen LogP contribution in [0.2, 0.25) is 0 Å². The summed E-state index contributed by atoms with van der Waals surface area (Å²) in [5.74, 6) is -6.45. The number of rotatable bonds is 10. The maximum absolute atomic E-state index is 15.8. The number of benzene rings is 1. The fraction of sp³-hybridized carbons (Fsp3) is 0.617. The van der Waals surface area contributed by atoms with Crippen LogP contribution in [0, 0.1) is 34.5 Å². The van der Waals surface area contributed by atoms with Crippen molar-refractivity contribution in [2.75, 3.05) is 6.61 Å². The molecule has 0 spiro atoms. The topological polar surface area (TPSA) is 203 Å². The number of ketones is 1. The Morgan fingerprint density at radius 1 is 0.968 bits per heavy atom. The number of hydrogen-bond acceptors (Lipinski definition) is 14. The summed E-state index contributed by atoms with van der Waals surface area (Å²) < 4.78 is 42.7. The van der Waals surface area contributed by atoms with Gasteiger partial charge in [0.2, 0.25) is 0 Å². The first kappa shape index (κ1) is 45.0. The van der Waals surface area contributed by atoms with Gasteiger partial charge in [-0.15, -0.1) is 0 Å². The lowest BCUT2D eigenvalue weighted by atomic mass is 9.43. The summed E-state index contributed by atoms with van der Waals surface area (Å²) in [5.41, 5.74) is -7.04. The Morgan fingerprint density at radius 2 is 1.65 bits per heavy atom. The van der Waals surface area contributed by atoms with E-state index >= 15 is 4.79 Å². The third kappa shape index (κ3) is 7.62. The molecule has 15 nitrogen and oxygen atoms in total. The molecule has 2 heterocycles. The molecule has 7 rings (SSSR count). The Morgan fingerprint density at radius 3 is 2.21 bits per heavy atom. The highest BCUT2D eigenvalue weighted by atomic mass is 16.6. The molecule has 11 atom stereocenters. The third-order valence-electron chi connectivity index (χ3n) is 14.2. The average molecular weight is 862 g/mol. The van der Waals surface area contributed by atoms with E-state index in [9.17, 15) is 29.1 Å². The van der Waals surface area contributed by atoms with Crippen molar-refractivity contribution in [3.05, 3.63) is 71.2 Å². The van der Waals surface area contributed by atoms with E-state index in [1.165, 1.54) is 20.1 Å². The number of amides is 1. The van der Waals surface area contributed by atoms with Gasteiger partial charge >= 0.3 is 30.0 Å². The highest BCUT2D eigenvalue weighted by Crippen LogP contribution is 2.66. The van der Waals surface area contributed by atoms with Gasteiger partial charge in [-0.05, 0) is 95.2 Å². The molecule has 4 fully saturated rings. The fourth-order valence-electron chi connectivity index (χ4n) is 10.4. The lowest BCUT2D eigenvalue weighted by Crippen LogP contribution is -2.81. The minimum absolute atomic E-state index is 0.152. The highest BCUT2D eigenvalue weighted by molar-refractivity contribution is 5.95. The van der Waals surface area contributed by atoms with Crippen LogP contribution in [0.3, 0.4) is 0 Å². The molecule has 1 aromatic heterocycles. The van der Waals surface area contributed by atoms with Gasteiger partial charge in [-0.1, -0.05) is 45.9 Å². The molecular weight excluding hydrogens is 803 g/mol. The van der Waals surface area contributed by atoms with Crippen LogP contribution in [0.1, 0.15) is 117 Å². The molecule has 0 radical (unpaired) electrons. The summed E-state index contributed by atoms with van der Waals surface area (Å²) in [7, 11) is 0. The number of carbonyl (C=O) groups excluding carboxylic acids is 6. The van der Waals surface area contributed by atoms with Crippen LogP contribution in [-0.2, 0) is 47.6 Å². The van der Waals surface area contributed by atoms with Gasteiger partial charge in [0, 0.05) is 24.2 Å². The summed E-state index contributed by atoms with van der Waals surface area (Å²) in [6.07, 6.45) is -3.49. The second kappa shape index (κ2) is 16.0. The zero-order valence-corrected chi connectivity index (χ0v) is 37.1. The Bertz CT molecular complexity index is 2130. The SMILES string of the molecule is CC(=O)O[C@H]1C(=O)[C@@]2(C)C([C@H](OC(=O)c3ccccc3)[C@]3(O)C[C@H](OC(=O)[C@H](C)[C@@H](NC(=O)OC(C)(C)C)c4ccco4)C(C)=C1C3(C)C)[C@]1(OC(=O)C3CC3)CO[C@@H]1C[C@@H]2C. The highest BCUT2D eigenvalue weighted by Gasteiger charge is 2.78. The van der Waals surface area contributed by atoms with Crippen LogP contribution >= 0.6 is 0 Å². The van der Waals surface area contributed by atoms with Gasteiger partial charge < -0.3 is 43.3 Å². The van der Waals surface area contributed by atoms with Crippen molar-refractivity contribution in [1.82, 2.24) is 5.32 Å². The Hall–Kier alpha value is -5.02. The quantitative estimate of drug-likeness (QED) is 0.152. The molecule has 1 amide bonds. The molecule has 1 saturated heterocycles. The number of furan rings is 1. The second-order valence-electron chi connectivity index (χ2n) is 19.6. The van der Waals surface area contributed by atoms with Crippen LogP contribution in [0.5, 0.6) is 0 Å². The van der Waals surface area contributed by atoms with E-state index in [0.29, 0.717) is 18.4 Å². The van der Waals surface area contributed by atoms with E-state index in [2.05, 4.69) is 5.32 Å². The van der Waals surface area contributed by atoms with Crippen molar-refractivity contribution in [1.29, 1.82) is 0 Å². The average Bonchev–Trinajstić information content (AvgIpc) is 3.91. The largest absolute Gasteiger partial charge is 0.467 e.